The van der Waals surface area contributed by atoms with Crippen molar-refractivity contribution in [1.82, 2.24) is 14.3 Å². The number of fused-ring (bicyclic) bond motifs is 3. The summed E-state index contributed by atoms with van der Waals surface area (Å²) in [6.07, 6.45) is -1.34. The van der Waals surface area contributed by atoms with Crippen LogP contribution in [0.3, 0.4) is 0 Å². The Kier molecular flexibility index (Phi) is 8.08. The molecule has 0 aliphatic carbocycles. The molecule has 4 aromatic rings. The van der Waals surface area contributed by atoms with Gasteiger partial charge in [-0.2, -0.15) is 0 Å². The number of hydrogen-bond acceptors (Lipinski definition) is 6. The summed E-state index contributed by atoms with van der Waals surface area (Å²) in [5, 5.41) is 2.86. The Morgan fingerprint density at radius 1 is 1.15 bits per heavy atom. The minimum absolute atomic E-state index is 0.269. The first kappa shape index (κ1) is 27.7. The number of aromatic nitrogens is 2. The van der Waals surface area contributed by atoms with Gasteiger partial charge in [0.2, 0.25) is 0 Å². The van der Waals surface area contributed by atoms with Crippen LogP contribution in [0.2, 0.25) is 0 Å². The SMILES string of the molecule is CC(C)c1ccccc1NC(=O)NSN=Cc1ccc2c(c1)SCn1c(-c3ccc(OC(F)(F)F)cc3)cnc1-2. The Bertz CT molecular complexity index is 1550. The summed E-state index contributed by atoms with van der Waals surface area (Å²) < 4.78 is 50.3. The molecule has 5 rings (SSSR count). The smallest absolute Gasteiger partial charge is 0.406 e. The normalized spacial score (nSPS) is 12.8. The van der Waals surface area contributed by atoms with Gasteiger partial charge in [-0.05, 0) is 59.5 Å². The first-order chi connectivity index (χ1) is 19.2. The van der Waals surface area contributed by atoms with Crippen LogP contribution in [0.5, 0.6) is 5.75 Å². The van der Waals surface area contributed by atoms with Gasteiger partial charge in [-0.3, -0.25) is 4.72 Å². The standard InChI is InChI=1S/C28H24F3N5O2S2/c1-17(2)21-5-3-4-6-23(21)34-27(37)35-40-33-14-18-7-12-22-25(13-18)39-16-36-24(15-32-26(22)36)19-8-10-20(11-9-19)38-28(29,30)31/h3-15,17H,16H2,1-2H3,(H2,34,35,37). The molecule has 12 heteroatoms. The predicted octanol–water partition coefficient (Wildman–Crippen LogP) is 8.11. The largest absolute Gasteiger partial charge is 0.573 e. The summed E-state index contributed by atoms with van der Waals surface area (Å²) in [5.74, 6) is 1.38. The molecule has 0 fully saturated rings. The molecular formula is C28H24F3N5O2S2. The summed E-state index contributed by atoms with van der Waals surface area (Å²) >= 11 is 2.55. The van der Waals surface area contributed by atoms with Crippen LogP contribution in [0, 0.1) is 0 Å². The van der Waals surface area contributed by atoms with Gasteiger partial charge in [0.25, 0.3) is 0 Å². The van der Waals surface area contributed by atoms with Crippen molar-refractivity contribution >= 4 is 41.8 Å². The van der Waals surface area contributed by atoms with Gasteiger partial charge in [-0.1, -0.05) is 38.1 Å². The van der Waals surface area contributed by atoms with E-state index in [9.17, 15) is 18.0 Å². The first-order valence-electron chi connectivity index (χ1n) is 12.2. The molecule has 7 nitrogen and oxygen atoms in total. The molecule has 2 heterocycles. The lowest BCUT2D eigenvalue weighted by molar-refractivity contribution is -0.274. The Morgan fingerprint density at radius 3 is 2.67 bits per heavy atom. The number of anilines is 1. The minimum atomic E-state index is -4.73. The van der Waals surface area contributed by atoms with E-state index in [2.05, 4.69) is 38.0 Å². The van der Waals surface area contributed by atoms with Crippen molar-refractivity contribution in [3.8, 4) is 28.4 Å². The zero-order valence-electron chi connectivity index (χ0n) is 21.4. The van der Waals surface area contributed by atoms with Gasteiger partial charge < -0.3 is 14.6 Å². The molecule has 3 aromatic carbocycles. The molecule has 0 spiro atoms. The molecule has 0 bridgehead atoms. The minimum Gasteiger partial charge on any atom is -0.406 e. The highest BCUT2D eigenvalue weighted by Crippen LogP contribution is 2.40. The highest BCUT2D eigenvalue weighted by Gasteiger charge is 2.31. The number of carbonyl (C=O) groups is 1. The maximum absolute atomic E-state index is 12.5. The van der Waals surface area contributed by atoms with Crippen LogP contribution in [0.4, 0.5) is 23.7 Å². The predicted molar refractivity (Wildman–Crippen MR) is 154 cm³/mol. The molecule has 2 amide bonds. The summed E-state index contributed by atoms with van der Waals surface area (Å²) in [6, 6.07) is 18.9. The lowest BCUT2D eigenvalue weighted by atomic mass is 10.0. The fourth-order valence-electron chi connectivity index (χ4n) is 4.25. The van der Waals surface area contributed by atoms with Crippen LogP contribution in [0.1, 0.15) is 30.9 Å². The highest BCUT2D eigenvalue weighted by atomic mass is 32.2. The Balaban J connectivity index is 1.22. The van der Waals surface area contributed by atoms with E-state index >= 15 is 0 Å². The molecule has 0 atom stereocenters. The molecule has 0 saturated heterocycles. The molecule has 1 aliphatic rings. The van der Waals surface area contributed by atoms with Gasteiger partial charge in [0, 0.05) is 27.9 Å². The number of nitrogens with zero attached hydrogens (tertiary/aromatic N) is 3. The topological polar surface area (TPSA) is 80.5 Å². The van der Waals surface area contributed by atoms with Gasteiger partial charge >= 0.3 is 12.4 Å². The number of para-hydroxylation sites is 1. The zero-order valence-corrected chi connectivity index (χ0v) is 23.0. The van der Waals surface area contributed by atoms with E-state index in [-0.39, 0.29) is 17.7 Å². The molecule has 0 unspecified atom stereocenters. The lowest BCUT2D eigenvalue weighted by Crippen LogP contribution is -2.23. The van der Waals surface area contributed by atoms with Crippen molar-refractivity contribution in [3.05, 3.63) is 84.1 Å². The Morgan fingerprint density at radius 2 is 1.93 bits per heavy atom. The number of rotatable bonds is 7. The lowest BCUT2D eigenvalue weighted by Gasteiger charge is -2.20. The van der Waals surface area contributed by atoms with Gasteiger partial charge in [0.15, 0.2) is 0 Å². The first-order valence-corrected chi connectivity index (χ1v) is 14.0. The third-order valence-corrected chi connectivity index (χ3v) is 7.58. The second-order valence-electron chi connectivity index (χ2n) is 9.12. The molecule has 0 saturated carbocycles. The van der Waals surface area contributed by atoms with E-state index in [4.69, 9.17) is 0 Å². The molecule has 1 aromatic heterocycles. The van der Waals surface area contributed by atoms with E-state index in [1.54, 1.807) is 36.3 Å². The van der Waals surface area contributed by atoms with Crippen LogP contribution in [0.25, 0.3) is 22.6 Å². The maximum atomic E-state index is 12.5. The Hall–Kier alpha value is -3.90. The van der Waals surface area contributed by atoms with Crippen molar-refractivity contribution in [3.63, 3.8) is 0 Å². The summed E-state index contributed by atoms with van der Waals surface area (Å²) in [4.78, 5) is 17.9. The van der Waals surface area contributed by atoms with Crippen LogP contribution >= 0.6 is 23.9 Å². The van der Waals surface area contributed by atoms with Crippen molar-refractivity contribution in [2.45, 2.75) is 36.9 Å². The monoisotopic (exact) mass is 583 g/mol. The van der Waals surface area contributed by atoms with E-state index < -0.39 is 6.36 Å². The number of imidazole rings is 1. The molecule has 0 radical (unpaired) electrons. The number of halogens is 3. The third kappa shape index (κ3) is 6.45. The van der Waals surface area contributed by atoms with Crippen LogP contribution in [-0.4, -0.2) is 28.2 Å². The van der Waals surface area contributed by atoms with E-state index in [1.165, 1.54) is 12.1 Å². The number of benzene rings is 3. The van der Waals surface area contributed by atoms with Gasteiger partial charge in [-0.15, -0.1) is 24.9 Å². The number of alkyl halides is 3. The second-order valence-corrected chi connectivity index (χ2v) is 10.7. The molecular weight excluding hydrogens is 559 g/mol. The summed E-state index contributed by atoms with van der Waals surface area (Å²) in [6.45, 7) is 4.14. The van der Waals surface area contributed by atoms with Crippen LogP contribution < -0.4 is 14.8 Å². The highest BCUT2D eigenvalue weighted by molar-refractivity contribution is 7.98. The zero-order chi connectivity index (χ0) is 28.3. The Labute approximate surface area is 237 Å². The van der Waals surface area contributed by atoms with E-state index in [0.717, 1.165) is 56.5 Å². The number of thioether (sulfide) groups is 1. The number of amides is 2. The number of urea groups is 1. The van der Waals surface area contributed by atoms with Crippen LogP contribution in [0.15, 0.2) is 82.2 Å². The third-order valence-electron chi connectivity index (χ3n) is 6.06. The maximum Gasteiger partial charge on any atom is 0.573 e. The quantitative estimate of drug-likeness (QED) is 0.170. The number of carbonyl (C=O) groups excluding carboxylic acids is 1. The molecule has 1 aliphatic heterocycles. The molecule has 206 valence electrons. The summed E-state index contributed by atoms with van der Waals surface area (Å²) in [5.41, 5.74) is 5.17. The number of hydrogen-bond donors (Lipinski definition) is 2. The molecule has 2 N–H and O–H groups in total. The number of nitrogens with one attached hydrogen (secondary N) is 2. The molecule has 40 heavy (non-hydrogen) atoms. The van der Waals surface area contributed by atoms with Crippen molar-refractivity contribution in [2.24, 2.45) is 4.40 Å². The fraction of sp³-hybridized carbons (Fsp3) is 0.179. The van der Waals surface area contributed by atoms with Gasteiger partial charge in [0.1, 0.15) is 11.6 Å². The fourth-order valence-corrected chi connectivity index (χ4v) is 5.68. The van der Waals surface area contributed by atoms with Crippen molar-refractivity contribution in [1.29, 1.82) is 0 Å². The number of ether oxygens (including phenoxy) is 1. The second kappa shape index (κ2) is 11.7. The van der Waals surface area contributed by atoms with E-state index in [1.807, 2.05) is 47.0 Å². The van der Waals surface area contributed by atoms with Gasteiger partial charge in [0.05, 0.1) is 29.9 Å². The summed E-state index contributed by atoms with van der Waals surface area (Å²) in [7, 11) is 0. The van der Waals surface area contributed by atoms with Crippen molar-refractivity contribution in [2.75, 3.05) is 5.32 Å². The van der Waals surface area contributed by atoms with Crippen LogP contribution in [-0.2, 0) is 5.88 Å². The van der Waals surface area contributed by atoms with Crippen molar-refractivity contribution < 1.29 is 22.7 Å². The average molecular weight is 584 g/mol. The van der Waals surface area contributed by atoms with E-state index in [0.29, 0.717) is 5.88 Å². The van der Waals surface area contributed by atoms with Gasteiger partial charge in [-0.25, -0.2) is 14.2 Å². The average Bonchev–Trinajstić information content (AvgIpc) is 3.35.